The molecule has 0 radical (unpaired) electrons. The molecule has 1 heterocycles. The van der Waals surface area contributed by atoms with Crippen molar-refractivity contribution in [1.29, 1.82) is 0 Å². The number of fused-ring (bicyclic) bond motifs is 1. The summed E-state index contributed by atoms with van der Waals surface area (Å²) >= 11 is 0. The summed E-state index contributed by atoms with van der Waals surface area (Å²) in [7, 11) is 5.89. The van der Waals surface area contributed by atoms with Crippen LogP contribution < -0.4 is 15.5 Å². The molecule has 6 heteroatoms. The maximum atomic E-state index is 5.65. The molecular formula is C24H37N5O. The Hall–Kier alpha value is -2.34. The van der Waals surface area contributed by atoms with E-state index in [1.165, 1.54) is 36.6 Å². The van der Waals surface area contributed by atoms with Crippen molar-refractivity contribution in [1.82, 2.24) is 15.6 Å². The van der Waals surface area contributed by atoms with Gasteiger partial charge in [-0.3, -0.25) is 4.99 Å². The van der Waals surface area contributed by atoms with Gasteiger partial charge in [0.05, 0.1) is 5.52 Å². The van der Waals surface area contributed by atoms with Gasteiger partial charge in [-0.2, -0.15) is 0 Å². The van der Waals surface area contributed by atoms with Crippen molar-refractivity contribution in [2.75, 3.05) is 45.8 Å². The number of pyridine rings is 1. The van der Waals surface area contributed by atoms with Gasteiger partial charge in [0.15, 0.2) is 5.96 Å². The fourth-order valence-electron chi connectivity index (χ4n) is 4.35. The smallest absolute Gasteiger partial charge is 0.191 e. The number of nitrogens with one attached hydrogen (secondary N) is 2. The van der Waals surface area contributed by atoms with E-state index in [0.717, 1.165) is 43.5 Å². The molecule has 1 saturated carbocycles. The van der Waals surface area contributed by atoms with Crippen LogP contribution in [0.4, 0.5) is 5.82 Å². The van der Waals surface area contributed by atoms with Crippen LogP contribution in [0.15, 0.2) is 35.3 Å². The number of hydrogen-bond donors (Lipinski definition) is 2. The predicted molar refractivity (Wildman–Crippen MR) is 126 cm³/mol. The highest BCUT2D eigenvalue weighted by atomic mass is 16.5. The Morgan fingerprint density at radius 1 is 1.20 bits per heavy atom. The normalized spacial score (nSPS) is 16.1. The van der Waals surface area contributed by atoms with Crippen LogP contribution >= 0.6 is 0 Å². The van der Waals surface area contributed by atoms with Gasteiger partial charge in [0.25, 0.3) is 0 Å². The van der Waals surface area contributed by atoms with Gasteiger partial charge in [-0.15, -0.1) is 0 Å². The van der Waals surface area contributed by atoms with Gasteiger partial charge in [-0.05, 0) is 49.3 Å². The maximum Gasteiger partial charge on any atom is 0.191 e. The number of aromatic nitrogens is 1. The van der Waals surface area contributed by atoms with Crippen LogP contribution in [0.5, 0.6) is 0 Å². The first-order valence-electron chi connectivity index (χ1n) is 11.2. The molecule has 1 aromatic heterocycles. The zero-order valence-electron chi connectivity index (χ0n) is 19.0. The molecule has 0 saturated heterocycles. The van der Waals surface area contributed by atoms with Crippen LogP contribution in [0.3, 0.4) is 0 Å². The third-order valence-electron chi connectivity index (χ3n) is 6.19. The van der Waals surface area contributed by atoms with Gasteiger partial charge < -0.3 is 20.3 Å². The molecule has 1 aliphatic rings. The van der Waals surface area contributed by atoms with Crippen LogP contribution in [0, 0.1) is 5.41 Å². The minimum atomic E-state index is 0.328. The predicted octanol–water partition coefficient (Wildman–Crippen LogP) is 3.95. The van der Waals surface area contributed by atoms with Crippen molar-refractivity contribution in [3.63, 3.8) is 0 Å². The van der Waals surface area contributed by atoms with Crippen molar-refractivity contribution in [2.24, 2.45) is 10.4 Å². The number of hydrogen-bond acceptors (Lipinski definition) is 4. The standard InChI is InChI=1S/C24H37N5O/c1-5-30-15-14-24(12-8-9-13-24)18-27-23(25-2)26-17-19-16-22(29(3)4)28-21-11-7-6-10-20(19)21/h6-7,10-11,16H,5,8-9,12-15,17-18H2,1-4H3,(H2,25,26,27). The Bertz CT molecular complexity index is 843. The zero-order valence-corrected chi connectivity index (χ0v) is 19.0. The highest BCUT2D eigenvalue weighted by Crippen LogP contribution is 2.40. The molecule has 3 rings (SSSR count). The molecular weight excluding hydrogens is 374 g/mol. The lowest BCUT2D eigenvalue weighted by Gasteiger charge is -2.30. The summed E-state index contributed by atoms with van der Waals surface area (Å²) in [6, 6.07) is 10.5. The molecule has 0 aliphatic heterocycles. The van der Waals surface area contributed by atoms with E-state index in [1.54, 1.807) is 0 Å². The molecule has 0 amide bonds. The van der Waals surface area contributed by atoms with Crippen molar-refractivity contribution in [3.05, 3.63) is 35.9 Å². The van der Waals surface area contributed by atoms with Crippen molar-refractivity contribution >= 4 is 22.7 Å². The van der Waals surface area contributed by atoms with Gasteiger partial charge >= 0.3 is 0 Å². The number of nitrogens with zero attached hydrogens (tertiary/aromatic N) is 3. The second-order valence-corrected chi connectivity index (χ2v) is 8.48. The highest BCUT2D eigenvalue weighted by Gasteiger charge is 2.33. The van der Waals surface area contributed by atoms with Gasteiger partial charge in [0.1, 0.15) is 5.82 Å². The lowest BCUT2D eigenvalue weighted by Crippen LogP contribution is -2.43. The van der Waals surface area contributed by atoms with Gasteiger partial charge in [0.2, 0.25) is 0 Å². The van der Waals surface area contributed by atoms with Crippen LogP contribution in [-0.4, -0.2) is 51.8 Å². The molecule has 0 atom stereocenters. The first kappa shape index (κ1) is 22.3. The fraction of sp³-hybridized carbons (Fsp3) is 0.583. The first-order chi connectivity index (χ1) is 14.6. The van der Waals surface area contributed by atoms with E-state index in [0.29, 0.717) is 12.0 Å². The van der Waals surface area contributed by atoms with Gasteiger partial charge in [-0.25, -0.2) is 4.98 Å². The molecule has 0 unspecified atom stereocenters. The van der Waals surface area contributed by atoms with E-state index in [2.05, 4.69) is 46.8 Å². The van der Waals surface area contributed by atoms with Crippen molar-refractivity contribution in [3.8, 4) is 0 Å². The van der Waals surface area contributed by atoms with Crippen molar-refractivity contribution < 1.29 is 4.74 Å². The van der Waals surface area contributed by atoms with Crippen LogP contribution in [0.2, 0.25) is 0 Å². The van der Waals surface area contributed by atoms with E-state index in [9.17, 15) is 0 Å². The summed E-state index contributed by atoms with van der Waals surface area (Å²) in [6.07, 6.45) is 6.29. The molecule has 164 valence electrons. The molecule has 0 bridgehead atoms. The maximum absolute atomic E-state index is 5.65. The molecule has 2 aromatic rings. The number of anilines is 1. The molecule has 1 aromatic carbocycles. The number of benzene rings is 1. The monoisotopic (exact) mass is 411 g/mol. The molecule has 2 N–H and O–H groups in total. The SMILES string of the molecule is CCOCCC1(CNC(=NC)NCc2cc(N(C)C)nc3ccccc23)CCCC1. The van der Waals surface area contributed by atoms with Gasteiger partial charge in [0, 0.05) is 52.8 Å². The molecule has 1 aliphatic carbocycles. The lowest BCUT2D eigenvalue weighted by molar-refractivity contribution is 0.105. The Labute approximate surface area is 181 Å². The summed E-state index contributed by atoms with van der Waals surface area (Å²) in [6.45, 7) is 5.35. The molecule has 30 heavy (non-hydrogen) atoms. The van der Waals surface area contributed by atoms with Crippen LogP contribution in [-0.2, 0) is 11.3 Å². The number of rotatable bonds is 9. The second kappa shape index (κ2) is 10.6. The quantitative estimate of drug-likeness (QED) is 0.372. The molecule has 6 nitrogen and oxygen atoms in total. The third kappa shape index (κ3) is 5.63. The minimum Gasteiger partial charge on any atom is -0.382 e. The summed E-state index contributed by atoms with van der Waals surface area (Å²) in [4.78, 5) is 11.3. The van der Waals surface area contributed by atoms with Gasteiger partial charge in [-0.1, -0.05) is 31.0 Å². The summed E-state index contributed by atoms with van der Waals surface area (Å²) in [5, 5.41) is 8.28. The Kier molecular flexibility index (Phi) is 7.91. The molecule has 1 fully saturated rings. The summed E-state index contributed by atoms with van der Waals surface area (Å²) < 4.78 is 5.65. The highest BCUT2D eigenvalue weighted by molar-refractivity contribution is 5.85. The average molecular weight is 412 g/mol. The minimum absolute atomic E-state index is 0.328. The van der Waals surface area contributed by atoms with E-state index in [1.807, 2.05) is 32.1 Å². The van der Waals surface area contributed by atoms with Crippen LogP contribution in [0.25, 0.3) is 10.9 Å². The number of guanidine groups is 1. The van der Waals surface area contributed by atoms with E-state index in [-0.39, 0.29) is 0 Å². The Morgan fingerprint density at radius 2 is 1.97 bits per heavy atom. The fourth-order valence-corrected chi connectivity index (χ4v) is 4.35. The van der Waals surface area contributed by atoms with Crippen molar-refractivity contribution in [2.45, 2.75) is 45.6 Å². The third-order valence-corrected chi connectivity index (χ3v) is 6.19. The second-order valence-electron chi connectivity index (χ2n) is 8.48. The number of aliphatic imine (C=N–C) groups is 1. The molecule has 0 spiro atoms. The lowest BCUT2D eigenvalue weighted by atomic mass is 9.83. The topological polar surface area (TPSA) is 61.8 Å². The van der Waals surface area contributed by atoms with Crippen LogP contribution in [0.1, 0.15) is 44.6 Å². The zero-order chi connectivity index (χ0) is 21.4. The largest absolute Gasteiger partial charge is 0.382 e. The van der Waals surface area contributed by atoms with E-state index >= 15 is 0 Å². The Balaban J connectivity index is 1.65. The van der Waals surface area contributed by atoms with E-state index in [4.69, 9.17) is 9.72 Å². The Morgan fingerprint density at radius 3 is 2.67 bits per heavy atom. The average Bonchev–Trinajstić information content (AvgIpc) is 3.22. The van der Waals surface area contributed by atoms with E-state index < -0.39 is 0 Å². The summed E-state index contributed by atoms with van der Waals surface area (Å²) in [5.74, 6) is 1.82. The summed E-state index contributed by atoms with van der Waals surface area (Å²) in [5.41, 5.74) is 2.57. The first-order valence-corrected chi connectivity index (χ1v) is 11.2. The number of para-hydroxylation sites is 1. The number of ether oxygens (including phenoxy) is 1.